The zero-order valence-electron chi connectivity index (χ0n) is 21.9. The number of phenolic OH excluding ortho intramolecular Hbond substituents is 1. The number of amides is 1. The number of carbonyl (C=O) groups is 4. The number of nitrogens with one attached hydrogen (secondary N) is 1. The number of carbonyl (C=O) groups excluding carboxylic acids is 4. The minimum Gasteiger partial charge on any atom is -0.508 e. The molecule has 39 heavy (non-hydrogen) atoms. The number of aliphatic hydroxyl groups excluding tert-OH is 2. The summed E-state index contributed by atoms with van der Waals surface area (Å²) in [4.78, 5) is 52.5. The second-order valence-corrected chi connectivity index (χ2v) is 11.2. The van der Waals surface area contributed by atoms with Crippen LogP contribution in [0.15, 0.2) is 23.0 Å². The van der Waals surface area contributed by atoms with E-state index in [9.17, 15) is 39.6 Å². The number of anilines is 1. The highest BCUT2D eigenvalue weighted by Crippen LogP contribution is 2.53. The molecule has 208 valence electrons. The number of ketones is 3. The van der Waals surface area contributed by atoms with Gasteiger partial charge < -0.3 is 36.4 Å². The van der Waals surface area contributed by atoms with Crippen molar-refractivity contribution in [1.82, 2.24) is 5.32 Å². The molecule has 7 N–H and O–H groups in total. The second-order valence-electron chi connectivity index (χ2n) is 11.2. The molecule has 0 radical (unpaired) electrons. The van der Waals surface area contributed by atoms with Gasteiger partial charge in [-0.25, -0.2) is 0 Å². The SMILES string of the molecule is CN(C)c1cc(CCC(=O)C2CCCN2)c(O)c2c1C[C@H]1C[C@H]3CC(=O)C(C(N)=O)=C(O)[C@@]3(O)C(=O)C1=C2O. The Morgan fingerprint density at radius 3 is 2.51 bits per heavy atom. The number of benzene rings is 1. The number of nitrogens with zero attached hydrogens (tertiary/aromatic N) is 1. The molecule has 0 aromatic heterocycles. The normalized spacial score (nSPS) is 28.2. The first-order valence-electron chi connectivity index (χ1n) is 13.2. The van der Waals surface area contributed by atoms with Gasteiger partial charge in [0.25, 0.3) is 5.91 Å². The third-order valence-corrected chi connectivity index (χ3v) is 8.69. The summed E-state index contributed by atoms with van der Waals surface area (Å²) in [5.41, 5.74) is 3.38. The number of aryl methyl sites for hydroxylation is 1. The van der Waals surface area contributed by atoms with E-state index in [1.165, 1.54) is 0 Å². The van der Waals surface area contributed by atoms with Crippen LogP contribution in [0.1, 0.15) is 48.8 Å². The highest BCUT2D eigenvalue weighted by atomic mass is 16.3. The first-order chi connectivity index (χ1) is 18.4. The minimum atomic E-state index is -2.60. The molecule has 1 amide bonds. The molecule has 1 unspecified atom stereocenters. The van der Waals surface area contributed by atoms with Gasteiger partial charge in [0.15, 0.2) is 11.4 Å². The summed E-state index contributed by atoms with van der Waals surface area (Å²) < 4.78 is 0. The van der Waals surface area contributed by atoms with Crippen molar-refractivity contribution in [1.29, 1.82) is 0 Å². The van der Waals surface area contributed by atoms with E-state index in [1.54, 1.807) is 20.2 Å². The van der Waals surface area contributed by atoms with Gasteiger partial charge in [-0.3, -0.25) is 19.2 Å². The van der Waals surface area contributed by atoms with Crippen LogP contribution in [0.25, 0.3) is 5.76 Å². The lowest BCUT2D eigenvalue weighted by Crippen LogP contribution is -2.58. The maximum Gasteiger partial charge on any atom is 0.255 e. The zero-order chi connectivity index (χ0) is 28.4. The molecule has 3 aliphatic carbocycles. The Morgan fingerprint density at radius 1 is 1.18 bits per heavy atom. The van der Waals surface area contributed by atoms with E-state index < -0.39 is 52.0 Å². The van der Waals surface area contributed by atoms with Gasteiger partial charge in [-0.1, -0.05) is 0 Å². The number of phenols is 1. The third-order valence-electron chi connectivity index (χ3n) is 8.69. The molecule has 1 saturated carbocycles. The quantitative estimate of drug-likeness (QED) is 0.281. The predicted octanol–water partition coefficient (Wildman–Crippen LogP) is 0.744. The van der Waals surface area contributed by atoms with E-state index in [-0.39, 0.29) is 60.8 Å². The van der Waals surface area contributed by atoms with Gasteiger partial charge in [0.05, 0.1) is 11.6 Å². The van der Waals surface area contributed by atoms with Crippen molar-refractivity contribution in [3.63, 3.8) is 0 Å². The van der Waals surface area contributed by atoms with Crippen molar-refractivity contribution < 1.29 is 39.6 Å². The number of primary amides is 1. The Balaban J connectivity index is 1.60. The average Bonchev–Trinajstić information content (AvgIpc) is 3.40. The van der Waals surface area contributed by atoms with Crippen molar-refractivity contribution in [3.8, 4) is 5.75 Å². The monoisotopic (exact) mass is 539 g/mol. The van der Waals surface area contributed by atoms with Crippen LogP contribution in [-0.2, 0) is 32.0 Å². The minimum absolute atomic E-state index is 0.0359. The molecule has 5 rings (SSSR count). The average molecular weight is 540 g/mol. The van der Waals surface area contributed by atoms with Crippen LogP contribution in [0.2, 0.25) is 0 Å². The predicted molar refractivity (Wildman–Crippen MR) is 140 cm³/mol. The van der Waals surface area contributed by atoms with Gasteiger partial charge in [-0.2, -0.15) is 0 Å². The summed E-state index contributed by atoms with van der Waals surface area (Å²) in [6, 6.07) is 1.57. The molecule has 0 bridgehead atoms. The van der Waals surface area contributed by atoms with Gasteiger partial charge in [0.1, 0.15) is 28.6 Å². The summed E-state index contributed by atoms with van der Waals surface area (Å²) in [6.07, 6.45) is 2.02. The smallest absolute Gasteiger partial charge is 0.255 e. The molecule has 4 aliphatic rings. The van der Waals surface area contributed by atoms with Gasteiger partial charge >= 0.3 is 0 Å². The third kappa shape index (κ3) is 4.02. The van der Waals surface area contributed by atoms with Crippen molar-refractivity contribution >= 4 is 34.7 Å². The number of hydrogen-bond donors (Lipinski definition) is 6. The van der Waals surface area contributed by atoms with Crippen LogP contribution in [0.4, 0.5) is 5.69 Å². The lowest BCUT2D eigenvalue weighted by Gasteiger charge is -2.46. The highest BCUT2D eigenvalue weighted by molar-refractivity contribution is 6.22. The number of rotatable bonds is 6. The van der Waals surface area contributed by atoms with Crippen LogP contribution in [0.5, 0.6) is 5.75 Å². The molecule has 0 spiro atoms. The summed E-state index contributed by atoms with van der Waals surface area (Å²) in [7, 11) is 3.61. The number of aliphatic hydroxyl groups is 3. The van der Waals surface area contributed by atoms with E-state index >= 15 is 0 Å². The number of nitrogens with two attached hydrogens (primary N) is 1. The van der Waals surface area contributed by atoms with Gasteiger partial charge in [0, 0.05) is 44.1 Å². The van der Waals surface area contributed by atoms with E-state index in [2.05, 4.69) is 5.32 Å². The van der Waals surface area contributed by atoms with E-state index in [0.717, 1.165) is 19.4 Å². The molecule has 4 atom stereocenters. The largest absolute Gasteiger partial charge is 0.508 e. The molecule has 11 nitrogen and oxygen atoms in total. The molecule has 1 aromatic rings. The van der Waals surface area contributed by atoms with E-state index in [1.807, 2.05) is 4.90 Å². The van der Waals surface area contributed by atoms with Crippen molar-refractivity contribution in [2.75, 3.05) is 25.5 Å². The number of fused-ring (bicyclic) bond motifs is 3. The van der Waals surface area contributed by atoms with E-state index in [0.29, 0.717) is 16.8 Å². The molecule has 1 aliphatic heterocycles. The summed E-state index contributed by atoms with van der Waals surface area (Å²) in [5, 5.41) is 48.0. The Hall–Kier alpha value is -3.70. The summed E-state index contributed by atoms with van der Waals surface area (Å²) in [6.45, 7) is 0.787. The standard InChI is InChI=1S/C28H33N3O8/c1-31(2)17-10-12(5-6-18(32)16-4-3-7-30-16)23(34)21-15(17)9-13-8-14-11-19(33)22(27(29)38)26(37)28(14,39)25(36)20(13)24(21)35/h10,13-14,16,30,34-35,37,39H,3-9,11H2,1-2H3,(H2,29,38)/t13-,14+,16?,28+/m1/s1. The fourth-order valence-electron chi connectivity index (χ4n) is 6.70. The summed E-state index contributed by atoms with van der Waals surface area (Å²) in [5.74, 6) is -6.53. The molecule has 1 heterocycles. The lowest BCUT2D eigenvalue weighted by molar-refractivity contribution is -0.147. The highest BCUT2D eigenvalue weighted by Gasteiger charge is 2.60. The number of aromatic hydroxyl groups is 1. The number of Topliss-reactive ketones (excluding diaryl/α,β-unsaturated/α-hetero) is 3. The van der Waals surface area contributed by atoms with Crippen LogP contribution >= 0.6 is 0 Å². The van der Waals surface area contributed by atoms with Crippen molar-refractivity contribution in [3.05, 3.63) is 39.7 Å². The van der Waals surface area contributed by atoms with Crippen molar-refractivity contribution in [2.24, 2.45) is 17.6 Å². The van der Waals surface area contributed by atoms with Gasteiger partial charge in [-0.05, 0) is 61.8 Å². The van der Waals surface area contributed by atoms with Crippen molar-refractivity contribution in [2.45, 2.75) is 56.6 Å². The fraction of sp³-hybridized carbons (Fsp3) is 0.500. The molecular weight excluding hydrogens is 506 g/mol. The second kappa shape index (κ2) is 9.49. The first kappa shape index (κ1) is 26.9. The van der Waals surface area contributed by atoms with E-state index in [4.69, 9.17) is 5.73 Å². The number of hydrogen-bond acceptors (Lipinski definition) is 10. The first-order valence-corrected chi connectivity index (χ1v) is 13.2. The molecule has 1 saturated heterocycles. The van der Waals surface area contributed by atoms with Crippen LogP contribution in [0.3, 0.4) is 0 Å². The Morgan fingerprint density at radius 2 is 1.90 bits per heavy atom. The molecule has 11 heteroatoms. The van der Waals surface area contributed by atoms with Gasteiger partial charge in [0.2, 0.25) is 5.78 Å². The van der Waals surface area contributed by atoms with Gasteiger partial charge in [-0.15, -0.1) is 0 Å². The molecular formula is C28H33N3O8. The molecule has 2 fully saturated rings. The molecule has 1 aromatic carbocycles. The Kier molecular flexibility index (Phi) is 6.54. The topological polar surface area (TPSA) is 190 Å². The lowest BCUT2D eigenvalue weighted by atomic mass is 9.59. The zero-order valence-corrected chi connectivity index (χ0v) is 21.9. The summed E-state index contributed by atoms with van der Waals surface area (Å²) >= 11 is 0. The van der Waals surface area contributed by atoms with Crippen LogP contribution in [-0.4, -0.2) is 76.0 Å². The van der Waals surface area contributed by atoms with Crippen LogP contribution < -0.4 is 16.0 Å². The maximum absolute atomic E-state index is 13.7. The maximum atomic E-state index is 13.7. The Labute approximate surface area is 225 Å². The Bertz CT molecular complexity index is 1370. The fourth-order valence-corrected chi connectivity index (χ4v) is 6.70. The van der Waals surface area contributed by atoms with Crippen LogP contribution in [0, 0.1) is 11.8 Å².